The van der Waals surface area contributed by atoms with Crippen LogP contribution in [0.4, 0.5) is 10.1 Å². The van der Waals surface area contributed by atoms with E-state index in [4.69, 9.17) is 10.5 Å². The minimum absolute atomic E-state index is 0.0242. The molecule has 0 spiro atoms. The molecule has 0 aliphatic rings. The van der Waals surface area contributed by atoms with Crippen LogP contribution in [0, 0.1) is 17.7 Å². The molecular formula is C29H42FN7O3. The van der Waals surface area contributed by atoms with E-state index in [0.717, 1.165) is 6.42 Å². The van der Waals surface area contributed by atoms with Crippen LogP contribution in [0.1, 0.15) is 19.3 Å². The fourth-order valence-corrected chi connectivity index (χ4v) is 2.99. The Morgan fingerprint density at radius 3 is 2.52 bits per heavy atom. The second kappa shape index (κ2) is 19.9. The maximum absolute atomic E-state index is 13.1. The number of ether oxygens (including phenoxy) is 1. The number of guanidine groups is 1. The van der Waals surface area contributed by atoms with Crippen molar-refractivity contribution in [3.05, 3.63) is 66.3 Å². The molecule has 0 fully saturated rings. The minimum atomic E-state index is -0.347. The lowest BCUT2D eigenvalue weighted by Crippen LogP contribution is -2.38. The van der Waals surface area contributed by atoms with Crippen molar-refractivity contribution < 1.29 is 18.7 Å². The van der Waals surface area contributed by atoms with E-state index in [1.54, 1.807) is 32.4 Å². The number of nitrogens with one attached hydrogen (secondary N) is 3. The van der Waals surface area contributed by atoms with Crippen molar-refractivity contribution in [1.82, 2.24) is 20.4 Å². The molecule has 0 saturated heterocycles. The van der Waals surface area contributed by atoms with Gasteiger partial charge in [-0.05, 0) is 51.2 Å². The molecule has 0 saturated carbocycles. The van der Waals surface area contributed by atoms with E-state index < -0.39 is 0 Å². The molecule has 0 heterocycles. The molecule has 218 valence electrons. The highest BCUT2D eigenvalue weighted by Gasteiger charge is 2.09. The number of hydrogen-bond donors (Lipinski definition) is 4. The Bertz CT molecular complexity index is 1100. The summed E-state index contributed by atoms with van der Waals surface area (Å²) in [5.74, 6) is 5.41. The van der Waals surface area contributed by atoms with Crippen LogP contribution in [-0.4, -0.2) is 88.6 Å². The Kier molecular flexibility index (Phi) is 16.8. The van der Waals surface area contributed by atoms with Crippen molar-refractivity contribution in [2.24, 2.45) is 10.7 Å². The topological polar surface area (TPSA) is 124 Å². The fourth-order valence-electron chi connectivity index (χ4n) is 2.99. The van der Waals surface area contributed by atoms with Gasteiger partial charge in [-0.3, -0.25) is 9.59 Å². The highest BCUT2D eigenvalue weighted by Crippen LogP contribution is 2.08. The van der Waals surface area contributed by atoms with Crippen LogP contribution < -0.4 is 21.7 Å². The zero-order chi connectivity index (χ0) is 29.8. The van der Waals surface area contributed by atoms with Crippen molar-refractivity contribution in [3.63, 3.8) is 0 Å². The maximum atomic E-state index is 13.1. The quantitative estimate of drug-likeness (QED) is 0.0615. The number of nitrogens with two attached hydrogens (primary N) is 1. The van der Waals surface area contributed by atoms with Crippen molar-refractivity contribution in [1.29, 1.82) is 0 Å². The monoisotopic (exact) mass is 555 g/mol. The normalized spacial score (nSPS) is 11.7. The number of halogens is 1. The van der Waals surface area contributed by atoms with Crippen molar-refractivity contribution in [3.8, 4) is 11.8 Å². The first kappa shape index (κ1) is 33.9. The highest BCUT2D eigenvalue weighted by atomic mass is 19.1. The number of benzene rings is 1. The third kappa shape index (κ3) is 16.0. The highest BCUT2D eigenvalue weighted by molar-refractivity contribution is 5.92. The number of hydrogen-bond acceptors (Lipinski definition) is 6. The van der Waals surface area contributed by atoms with Gasteiger partial charge in [0.2, 0.25) is 11.8 Å². The summed E-state index contributed by atoms with van der Waals surface area (Å²) in [6, 6.07) is 5.74. The summed E-state index contributed by atoms with van der Waals surface area (Å²) in [6.45, 7) is 6.34. The number of nitrogens with zero attached hydrogens (tertiary/aromatic N) is 3. The standard InChI is InChI=1S/C29H42FN7O3/c1-23(32-18-10-20-40-5)24(21-34-29(31)35-26-15-13-25(30)14-16-26)11-7-6-8-17-33-27(38)22-37(4)28(39)12-9-19-36(2)3/h9,12-16,21,32H,1,6,8,10,17-20,22H2,2-5H3,(H,33,38)(H3,31,34,35)/b12-9+,24-21-. The van der Waals surface area contributed by atoms with E-state index in [0.29, 0.717) is 56.0 Å². The van der Waals surface area contributed by atoms with Gasteiger partial charge in [-0.25, -0.2) is 9.38 Å². The van der Waals surface area contributed by atoms with Gasteiger partial charge in [-0.2, -0.15) is 0 Å². The van der Waals surface area contributed by atoms with Gasteiger partial charge in [-0.1, -0.05) is 24.5 Å². The number of anilines is 1. The molecule has 11 heteroatoms. The number of methoxy groups -OCH3 is 1. The second-order valence-corrected chi connectivity index (χ2v) is 9.05. The van der Waals surface area contributed by atoms with Gasteiger partial charge >= 0.3 is 0 Å². The molecule has 0 atom stereocenters. The molecule has 5 N–H and O–H groups in total. The Hall–Kier alpha value is -4.14. The van der Waals surface area contributed by atoms with Gasteiger partial charge < -0.3 is 36.2 Å². The average Bonchev–Trinajstić information content (AvgIpc) is 2.91. The van der Waals surface area contributed by atoms with Crippen LogP contribution >= 0.6 is 0 Å². The molecule has 1 rings (SSSR count). The van der Waals surface area contributed by atoms with Gasteiger partial charge in [0.25, 0.3) is 0 Å². The first-order chi connectivity index (χ1) is 19.1. The van der Waals surface area contributed by atoms with Crippen LogP contribution in [0.15, 0.2) is 65.5 Å². The zero-order valence-electron chi connectivity index (χ0n) is 23.9. The van der Waals surface area contributed by atoms with Crippen LogP contribution in [0.3, 0.4) is 0 Å². The van der Waals surface area contributed by atoms with Gasteiger partial charge in [0, 0.05) is 70.5 Å². The first-order valence-corrected chi connectivity index (χ1v) is 12.9. The van der Waals surface area contributed by atoms with E-state index >= 15 is 0 Å². The van der Waals surface area contributed by atoms with Gasteiger partial charge in [0.15, 0.2) is 5.96 Å². The van der Waals surface area contributed by atoms with E-state index in [1.165, 1.54) is 29.3 Å². The number of amides is 2. The predicted molar refractivity (Wildman–Crippen MR) is 159 cm³/mol. The first-order valence-electron chi connectivity index (χ1n) is 12.9. The molecule has 0 unspecified atom stereocenters. The molecule has 1 aromatic carbocycles. The number of carbonyl (C=O) groups excluding carboxylic acids is 2. The van der Waals surface area contributed by atoms with Gasteiger partial charge in [-0.15, -0.1) is 0 Å². The van der Waals surface area contributed by atoms with Crippen LogP contribution in [0.2, 0.25) is 0 Å². The molecule has 1 aromatic rings. The summed E-state index contributed by atoms with van der Waals surface area (Å²) in [6.07, 6.45) is 6.66. The summed E-state index contributed by atoms with van der Waals surface area (Å²) in [5, 5.41) is 8.88. The Labute approximate surface area is 237 Å². The summed E-state index contributed by atoms with van der Waals surface area (Å²) in [5.41, 5.74) is 7.69. The third-order valence-electron chi connectivity index (χ3n) is 5.15. The Balaban J connectivity index is 2.64. The molecule has 40 heavy (non-hydrogen) atoms. The lowest BCUT2D eigenvalue weighted by atomic mass is 10.2. The molecule has 10 nitrogen and oxygen atoms in total. The zero-order valence-corrected chi connectivity index (χ0v) is 23.9. The maximum Gasteiger partial charge on any atom is 0.246 e. The number of carbonyl (C=O) groups is 2. The Morgan fingerprint density at radius 1 is 1.15 bits per heavy atom. The van der Waals surface area contributed by atoms with E-state index in [9.17, 15) is 14.0 Å². The molecular weight excluding hydrogens is 513 g/mol. The largest absolute Gasteiger partial charge is 0.385 e. The minimum Gasteiger partial charge on any atom is -0.385 e. The Morgan fingerprint density at radius 2 is 1.85 bits per heavy atom. The fraction of sp³-hybridized carbons (Fsp3) is 0.414. The molecule has 0 aliphatic carbocycles. The number of aliphatic imine (C=N–C) groups is 1. The lowest BCUT2D eigenvalue weighted by Gasteiger charge is -2.14. The number of unbranched alkanes of at least 4 members (excludes halogenated alkanes) is 1. The molecule has 0 aromatic heterocycles. The number of likely N-dealkylation sites (N-methyl/N-ethyl adjacent to an activating group) is 2. The second-order valence-electron chi connectivity index (χ2n) is 9.05. The molecule has 2 amide bonds. The van der Waals surface area contributed by atoms with E-state index in [1.807, 2.05) is 19.0 Å². The van der Waals surface area contributed by atoms with Crippen molar-refractivity contribution in [2.45, 2.75) is 19.3 Å². The van der Waals surface area contributed by atoms with Crippen LogP contribution in [0.5, 0.6) is 0 Å². The third-order valence-corrected chi connectivity index (χ3v) is 5.15. The number of rotatable bonds is 16. The van der Waals surface area contributed by atoms with Gasteiger partial charge in [0.05, 0.1) is 12.1 Å². The van der Waals surface area contributed by atoms with Crippen LogP contribution in [0.25, 0.3) is 0 Å². The predicted octanol–water partition coefficient (Wildman–Crippen LogP) is 2.05. The lowest BCUT2D eigenvalue weighted by molar-refractivity contribution is -0.131. The van der Waals surface area contributed by atoms with E-state index in [-0.39, 0.29) is 30.1 Å². The van der Waals surface area contributed by atoms with Crippen molar-refractivity contribution in [2.75, 3.05) is 66.4 Å². The number of allylic oxidation sites excluding steroid dienone is 1. The smallest absolute Gasteiger partial charge is 0.246 e. The molecule has 0 radical (unpaired) electrons. The van der Waals surface area contributed by atoms with Gasteiger partial charge in [0.1, 0.15) is 5.82 Å². The summed E-state index contributed by atoms with van der Waals surface area (Å²) < 4.78 is 18.2. The van der Waals surface area contributed by atoms with E-state index in [2.05, 4.69) is 39.4 Å². The molecule has 0 bridgehead atoms. The van der Waals surface area contributed by atoms with Crippen molar-refractivity contribution >= 4 is 23.5 Å². The summed E-state index contributed by atoms with van der Waals surface area (Å²) in [7, 11) is 7.04. The summed E-state index contributed by atoms with van der Waals surface area (Å²) in [4.78, 5) is 31.7. The summed E-state index contributed by atoms with van der Waals surface area (Å²) >= 11 is 0. The molecule has 0 aliphatic heterocycles. The average molecular weight is 556 g/mol. The van der Waals surface area contributed by atoms with Crippen LogP contribution in [-0.2, 0) is 14.3 Å². The SMILES string of the molecule is C=C(NCCCOC)/C(C#CCCCNC(=O)CN(C)C(=O)/C=C/CN(C)C)=C\N=C(N)Nc1ccc(F)cc1.